The molecule has 0 aliphatic carbocycles. The molecule has 0 amide bonds. The Kier molecular flexibility index (Phi) is 2.71. The molecule has 0 aromatic rings. The molecule has 2 atom stereocenters. The Hall–Kier alpha value is -0.120. The number of hydrogen-bond donors (Lipinski definition) is 0. The van der Waals surface area contributed by atoms with Crippen LogP contribution >= 0.6 is 0 Å². The molecular formula is C12H23N3. The van der Waals surface area contributed by atoms with Crippen molar-refractivity contribution in [2.75, 3.05) is 52.9 Å². The lowest BCUT2D eigenvalue weighted by atomic mass is 9.99. The maximum atomic E-state index is 2.66. The average molecular weight is 209 g/mol. The van der Waals surface area contributed by atoms with Gasteiger partial charge in [0.1, 0.15) is 0 Å². The maximum absolute atomic E-state index is 2.66. The molecule has 0 aromatic carbocycles. The SMILES string of the molecule is CN1CC1CN1CC(CN2CCCC2)C1. The molecular weight excluding hydrogens is 186 g/mol. The van der Waals surface area contributed by atoms with Gasteiger partial charge in [0.05, 0.1) is 0 Å². The van der Waals surface area contributed by atoms with E-state index in [9.17, 15) is 0 Å². The molecule has 3 aliphatic rings. The Morgan fingerprint density at radius 1 is 0.933 bits per heavy atom. The summed E-state index contributed by atoms with van der Waals surface area (Å²) in [6.07, 6.45) is 2.87. The van der Waals surface area contributed by atoms with Gasteiger partial charge in [-0.05, 0) is 38.9 Å². The van der Waals surface area contributed by atoms with Crippen molar-refractivity contribution in [3.8, 4) is 0 Å². The summed E-state index contributed by atoms with van der Waals surface area (Å²) >= 11 is 0. The topological polar surface area (TPSA) is 9.49 Å². The first-order valence-electron chi connectivity index (χ1n) is 6.46. The summed E-state index contributed by atoms with van der Waals surface area (Å²) in [5.74, 6) is 0.979. The average Bonchev–Trinajstić information content (AvgIpc) is 2.65. The zero-order chi connectivity index (χ0) is 10.3. The number of likely N-dealkylation sites (tertiary alicyclic amines) is 2. The highest BCUT2D eigenvalue weighted by Gasteiger charge is 2.36. The van der Waals surface area contributed by atoms with E-state index in [0.717, 1.165) is 12.0 Å². The highest BCUT2D eigenvalue weighted by Crippen LogP contribution is 2.23. The van der Waals surface area contributed by atoms with Crippen LogP contribution in [-0.4, -0.2) is 73.6 Å². The second kappa shape index (κ2) is 4.04. The summed E-state index contributed by atoms with van der Waals surface area (Å²) in [7, 11) is 2.23. The molecule has 3 heteroatoms. The van der Waals surface area contributed by atoms with E-state index in [1.165, 1.54) is 58.7 Å². The van der Waals surface area contributed by atoms with Crippen molar-refractivity contribution in [1.29, 1.82) is 0 Å². The number of likely N-dealkylation sites (N-methyl/N-ethyl adjacent to an activating group) is 1. The van der Waals surface area contributed by atoms with E-state index >= 15 is 0 Å². The Balaban J connectivity index is 1.31. The van der Waals surface area contributed by atoms with Crippen LogP contribution in [0, 0.1) is 5.92 Å². The lowest BCUT2D eigenvalue weighted by Crippen LogP contribution is -2.52. The first-order chi connectivity index (χ1) is 7.31. The Labute approximate surface area is 93.0 Å². The predicted octanol–water partition coefficient (Wildman–Crippen LogP) is 0.328. The van der Waals surface area contributed by atoms with Crippen LogP contribution in [0.5, 0.6) is 0 Å². The molecule has 86 valence electrons. The minimum Gasteiger partial charge on any atom is -0.303 e. The molecule has 0 saturated carbocycles. The van der Waals surface area contributed by atoms with Crippen LogP contribution in [0.4, 0.5) is 0 Å². The number of nitrogens with zero attached hydrogens (tertiary/aromatic N) is 3. The molecule has 3 aliphatic heterocycles. The molecule has 2 unspecified atom stereocenters. The number of hydrogen-bond acceptors (Lipinski definition) is 3. The molecule has 0 bridgehead atoms. The van der Waals surface area contributed by atoms with Gasteiger partial charge in [-0.25, -0.2) is 0 Å². The third-order valence-electron chi connectivity index (χ3n) is 4.21. The fourth-order valence-corrected chi connectivity index (χ4v) is 3.05. The van der Waals surface area contributed by atoms with Crippen LogP contribution in [0.2, 0.25) is 0 Å². The van der Waals surface area contributed by atoms with Crippen molar-refractivity contribution in [3.63, 3.8) is 0 Å². The van der Waals surface area contributed by atoms with E-state index < -0.39 is 0 Å². The van der Waals surface area contributed by atoms with Crippen molar-refractivity contribution < 1.29 is 0 Å². The highest BCUT2D eigenvalue weighted by molar-refractivity contribution is 4.93. The van der Waals surface area contributed by atoms with E-state index in [1.807, 2.05) is 0 Å². The van der Waals surface area contributed by atoms with Crippen LogP contribution in [0.25, 0.3) is 0 Å². The van der Waals surface area contributed by atoms with E-state index in [4.69, 9.17) is 0 Å². The molecule has 3 rings (SSSR count). The van der Waals surface area contributed by atoms with Crippen LogP contribution in [0.15, 0.2) is 0 Å². The fourth-order valence-electron chi connectivity index (χ4n) is 3.05. The summed E-state index contributed by atoms with van der Waals surface area (Å²) in [5.41, 5.74) is 0. The number of rotatable bonds is 4. The smallest absolute Gasteiger partial charge is 0.0348 e. The quantitative estimate of drug-likeness (QED) is 0.618. The van der Waals surface area contributed by atoms with Crippen LogP contribution in [0.3, 0.4) is 0 Å². The van der Waals surface area contributed by atoms with Crippen LogP contribution in [0.1, 0.15) is 12.8 Å². The molecule has 3 fully saturated rings. The van der Waals surface area contributed by atoms with Gasteiger partial charge in [0, 0.05) is 38.8 Å². The van der Waals surface area contributed by atoms with E-state index in [0.29, 0.717) is 0 Å². The fraction of sp³-hybridized carbons (Fsp3) is 1.00. The van der Waals surface area contributed by atoms with Crippen LogP contribution < -0.4 is 0 Å². The van der Waals surface area contributed by atoms with Gasteiger partial charge < -0.3 is 9.80 Å². The van der Waals surface area contributed by atoms with Gasteiger partial charge in [-0.3, -0.25) is 4.90 Å². The van der Waals surface area contributed by atoms with E-state index in [1.54, 1.807) is 0 Å². The Morgan fingerprint density at radius 3 is 2.20 bits per heavy atom. The molecule has 15 heavy (non-hydrogen) atoms. The zero-order valence-corrected chi connectivity index (χ0v) is 9.86. The minimum absolute atomic E-state index is 0.887. The molecule has 0 spiro atoms. The Morgan fingerprint density at radius 2 is 1.60 bits per heavy atom. The second-order valence-electron chi connectivity index (χ2n) is 5.69. The second-order valence-corrected chi connectivity index (χ2v) is 5.69. The monoisotopic (exact) mass is 209 g/mol. The molecule has 0 radical (unpaired) electrons. The lowest BCUT2D eigenvalue weighted by Gasteiger charge is -2.41. The normalized spacial score (nSPS) is 38.2. The van der Waals surface area contributed by atoms with Crippen molar-refractivity contribution in [1.82, 2.24) is 14.7 Å². The first kappa shape index (κ1) is 10.1. The highest BCUT2D eigenvalue weighted by atomic mass is 15.3. The summed E-state index contributed by atoms with van der Waals surface area (Å²) in [5, 5.41) is 0. The Bertz CT molecular complexity index is 219. The third-order valence-corrected chi connectivity index (χ3v) is 4.21. The standard InChI is InChI=1S/C12H23N3/c1-13-9-12(13)10-15-7-11(8-15)6-14-4-2-3-5-14/h11-12H,2-10H2,1H3. The largest absolute Gasteiger partial charge is 0.303 e. The van der Waals surface area contributed by atoms with Gasteiger partial charge in [-0.1, -0.05) is 0 Å². The van der Waals surface area contributed by atoms with Gasteiger partial charge in [0.25, 0.3) is 0 Å². The zero-order valence-electron chi connectivity index (χ0n) is 9.86. The molecule has 0 N–H and O–H groups in total. The van der Waals surface area contributed by atoms with E-state index in [2.05, 4.69) is 21.7 Å². The lowest BCUT2D eigenvalue weighted by molar-refractivity contribution is 0.0721. The van der Waals surface area contributed by atoms with Crippen molar-refractivity contribution in [3.05, 3.63) is 0 Å². The predicted molar refractivity (Wildman–Crippen MR) is 62.0 cm³/mol. The summed E-state index contributed by atoms with van der Waals surface area (Å²) in [6.45, 7) is 9.47. The molecule has 3 heterocycles. The molecule has 3 nitrogen and oxygen atoms in total. The summed E-state index contributed by atoms with van der Waals surface area (Å²) in [6, 6.07) is 0.887. The van der Waals surface area contributed by atoms with Gasteiger partial charge in [0.2, 0.25) is 0 Å². The van der Waals surface area contributed by atoms with Gasteiger partial charge in [-0.15, -0.1) is 0 Å². The van der Waals surface area contributed by atoms with Crippen molar-refractivity contribution in [2.45, 2.75) is 18.9 Å². The minimum atomic E-state index is 0.887. The maximum Gasteiger partial charge on any atom is 0.0348 e. The summed E-state index contributed by atoms with van der Waals surface area (Å²) < 4.78 is 0. The van der Waals surface area contributed by atoms with Gasteiger partial charge >= 0.3 is 0 Å². The first-order valence-corrected chi connectivity index (χ1v) is 6.46. The van der Waals surface area contributed by atoms with Gasteiger partial charge in [0.15, 0.2) is 0 Å². The van der Waals surface area contributed by atoms with Crippen molar-refractivity contribution >= 4 is 0 Å². The van der Waals surface area contributed by atoms with E-state index in [-0.39, 0.29) is 0 Å². The molecule has 0 aromatic heterocycles. The van der Waals surface area contributed by atoms with Crippen molar-refractivity contribution in [2.24, 2.45) is 5.92 Å². The van der Waals surface area contributed by atoms with Gasteiger partial charge in [-0.2, -0.15) is 0 Å². The summed E-state index contributed by atoms with van der Waals surface area (Å²) in [4.78, 5) is 7.73. The molecule has 3 saturated heterocycles. The third kappa shape index (κ3) is 2.35. The van der Waals surface area contributed by atoms with Crippen LogP contribution in [-0.2, 0) is 0 Å².